The monoisotopic (exact) mass is 325 g/mol. The number of para-hydroxylation sites is 1. The van der Waals surface area contributed by atoms with Gasteiger partial charge in [0.05, 0.1) is 0 Å². The third kappa shape index (κ3) is 3.04. The summed E-state index contributed by atoms with van der Waals surface area (Å²) >= 11 is 1.66. The van der Waals surface area contributed by atoms with E-state index in [1.807, 2.05) is 66.9 Å². The number of carbonyl (C=O) groups is 2. The average molecular weight is 325 g/mol. The van der Waals surface area contributed by atoms with Crippen LogP contribution in [0.1, 0.15) is 18.0 Å². The van der Waals surface area contributed by atoms with E-state index in [0.717, 1.165) is 17.0 Å². The first kappa shape index (κ1) is 15.8. The van der Waals surface area contributed by atoms with Crippen LogP contribution in [0.5, 0.6) is 0 Å². The lowest BCUT2D eigenvalue weighted by Gasteiger charge is -2.24. The van der Waals surface area contributed by atoms with Crippen LogP contribution in [-0.4, -0.2) is 23.7 Å². The van der Waals surface area contributed by atoms with Crippen molar-refractivity contribution in [1.29, 1.82) is 0 Å². The molecule has 0 bridgehead atoms. The van der Waals surface area contributed by atoms with E-state index in [4.69, 9.17) is 0 Å². The molecular weight excluding hydrogens is 306 g/mol. The molecular formula is C19H19NO2S. The molecule has 0 unspecified atom stereocenters. The van der Waals surface area contributed by atoms with Gasteiger partial charge in [-0.25, -0.2) is 0 Å². The molecule has 0 aromatic heterocycles. The van der Waals surface area contributed by atoms with Gasteiger partial charge in [-0.3, -0.25) is 14.5 Å². The van der Waals surface area contributed by atoms with Crippen molar-refractivity contribution in [1.82, 2.24) is 0 Å². The molecule has 0 N–H and O–H groups in total. The number of anilines is 1. The smallest absolute Gasteiger partial charge is 0.238 e. The van der Waals surface area contributed by atoms with Gasteiger partial charge in [-0.1, -0.05) is 48.5 Å². The van der Waals surface area contributed by atoms with Crippen LogP contribution in [0.25, 0.3) is 0 Å². The van der Waals surface area contributed by atoms with Crippen LogP contribution >= 0.6 is 11.8 Å². The van der Waals surface area contributed by atoms with Gasteiger partial charge in [0.2, 0.25) is 5.91 Å². The Labute approximate surface area is 140 Å². The van der Waals surface area contributed by atoms with Crippen LogP contribution in [0.4, 0.5) is 5.69 Å². The third-order valence-electron chi connectivity index (χ3n) is 4.17. The molecule has 1 heterocycles. The van der Waals surface area contributed by atoms with Gasteiger partial charge < -0.3 is 0 Å². The van der Waals surface area contributed by atoms with E-state index < -0.39 is 12.0 Å². The van der Waals surface area contributed by atoms with Gasteiger partial charge >= 0.3 is 0 Å². The molecule has 3 rings (SSSR count). The summed E-state index contributed by atoms with van der Waals surface area (Å²) in [5.74, 6) is 0.211. The first-order valence-electron chi connectivity index (χ1n) is 7.69. The van der Waals surface area contributed by atoms with E-state index in [2.05, 4.69) is 0 Å². The summed E-state index contributed by atoms with van der Waals surface area (Å²) < 4.78 is 0. The zero-order chi connectivity index (χ0) is 16.2. The van der Waals surface area contributed by atoms with Crippen molar-refractivity contribution in [2.45, 2.75) is 12.5 Å². The highest BCUT2D eigenvalue weighted by atomic mass is 32.2. The zero-order valence-corrected chi connectivity index (χ0v) is 13.8. The molecule has 1 aliphatic rings. The highest BCUT2D eigenvalue weighted by Crippen LogP contribution is 2.38. The van der Waals surface area contributed by atoms with E-state index in [1.165, 1.54) is 0 Å². The van der Waals surface area contributed by atoms with E-state index in [-0.39, 0.29) is 11.7 Å². The van der Waals surface area contributed by atoms with Crippen LogP contribution in [0, 0.1) is 5.92 Å². The molecule has 0 radical (unpaired) electrons. The second-order valence-corrected chi connectivity index (χ2v) is 6.58. The van der Waals surface area contributed by atoms with Crippen molar-refractivity contribution in [2.75, 3.05) is 16.9 Å². The number of thioether (sulfide) groups is 1. The summed E-state index contributed by atoms with van der Waals surface area (Å²) in [6, 6.07) is 18.5. The Balaban J connectivity index is 2.02. The van der Waals surface area contributed by atoms with Gasteiger partial charge in [-0.15, -0.1) is 0 Å². The standard InChI is InChI=1S/C19H19NO2S/c1-23-13-12-16-18(21)17(14-8-4-2-5-9-14)20(19(16)22)15-10-6-3-7-11-15/h2-11,16-17H,12-13H2,1H3/t16-,17+/m1/s1. The quantitative estimate of drug-likeness (QED) is 0.786. The van der Waals surface area contributed by atoms with Crippen LogP contribution in [-0.2, 0) is 9.59 Å². The first-order valence-corrected chi connectivity index (χ1v) is 9.09. The van der Waals surface area contributed by atoms with E-state index in [9.17, 15) is 9.59 Å². The van der Waals surface area contributed by atoms with Gasteiger partial charge in [0.25, 0.3) is 0 Å². The molecule has 1 aliphatic heterocycles. The predicted octanol–water partition coefficient (Wildman–Crippen LogP) is 3.71. The average Bonchev–Trinajstić information content (AvgIpc) is 2.85. The fourth-order valence-electron chi connectivity index (χ4n) is 3.05. The Kier molecular flexibility index (Phi) is 4.82. The van der Waals surface area contributed by atoms with Crippen molar-refractivity contribution in [2.24, 2.45) is 5.92 Å². The number of carbonyl (C=O) groups excluding carboxylic acids is 2. The molecule has 4 heteroatoms. The van der Waals surface area contributed by atoms with Gasteiger partial charge in [-0.05, 0) is 36.1 Å². The molecule has 3 nitrogen and oxygen atoms in total. The van der Waals surface area contributed by atoms with Gasteiger partial charge in [-0.2, -0.15) is 11.8 Å². The summed E-state index contributed by atoms with van der Waals surface area (Å²) in [6.07, 6.45) is 2.60. The zero-order valence-electron chi connectivity index (χ0n) is 13.0. The number of rotatable bonds is 5. The van der Waals surface area contributed by atoms with Crippen LogP contribution in [0.2, 0.25) is 0 Å². The maximum Gasteiger partial charge on any atom is 0.238 e. The summed E-state index contributed by atoms with van der Waals surface area (Å²) in [4.78, 5) is 27.5. The van der Waals surface area contributed by atoms with E-state index in [0.29, 0.717) is 6.42 Å². The lowest BCUT2D eigenvalue weighted by molar-refractivity contribution is -0.127. The largest absolute Gasteiger partial charge is 0.297 e. The van der Waals surface area contributed by atoms with E-state index in [1.54, 1.807) is 16.7 Å². The Bertz CT molecular complexity index is 630. The maximum absolute atomic E-state index is 12.9. The molecule has 2 atom stereocenters. The van der Waals surface area contributed by atoms with Crippen LogP contribution in [0.3, 0.4) is 0 Å². The number of hydrogen-bond donors (Lipinski definition) is 0. The molecule has 118 valence electrons. The van der Waals surface area contributed by atoms with E-state index >= 15 is 0 Å². The molecule has 0 aliphatic carbocycles. The van der Waals surface area contributed by atoms with Crippen LogP contribution in [0.15, 0.2) is 60.7 Å². The Hall–Kier alpha value is -2.07. The molecule has 23 heavy (non-hydrogen) atoms. The number of hydrogen-bond acceptors (Lipinski definition) is 3. The van der Waals surface area contributed by atoms with Crippen molar-refractivity contribution >= 4 is 29.1 Å². The minimum Gasteiger partial charge on any atom is -0.297 e. The van der Waals surface area contributed by atoms with Gasteiger partial charge in [0, 0.05) is 5.69 Å². The minimum atomic E-state index is -0.534. The SMILES string of the molecule is CSCC[C@@H]1C(=O)[C@H](c2ccccc2)N(c2ccccc2)C1=O. The molecule has 0 saturated carbocycles. The Morgan fingerprint density at radius 1 is 0.957 bits per heavy atom. The number of amides is 1. The summed E-state index contributed by atoms with van der Waals surface area (Å²) in [5, 5.41) is 0. The molecule has 2 aromatic rings. The van der Waals surface area contributed by atoms with Crippen molar-refractivity contribution in [3.63, 3.8) is 0 Å². The third-order valence-corrected chi connectivity index (χ3v) is 4.81. The number of nitrogens with zero attached hydrogens (tertiary/aromatic N) is 1. The van der Waals surface area contributed by atoms with Gasteiger partial charge in [0.1, 0.15) is 12.0 Å². The van der Waals surface area contributed by atoms with Crippen molar-refractivity contribution in [3.8, 4) is 0 Å². The second-order valence-electron chi connectivity index (χ2n) is 5.59. The molecule has 1 saturated heterocycles. The molecule has 1 amide bonds. The fourth-order valence-corrected chi connectivity index (χ4v) is 3.52. The fraction of sp³-hybridized carbons (Fsp3) is 0.263. The topological polar surface area (TPSA) is 37.4 Å². The Morgan fingerprint density at radius 2 is 1.57 bits per heavy atom. The molecule has 2 aromatic carbocycles. The maximum atomic E-state index is 12.9. The second kappa shape index (κ2) is 7.01. The predicted molar refractivity (Wildman–Crippen MR) is 94.6 cm³/mol. The number of Topliss-reactive ketones (excluding diaryl/α,β-unsaturated/α-hetero) is 1. The summed E-state index contributed by atoms with van der Waals surface area (Å²) in [6.45, 7) is 0. The number of benzene rings is 2. The number of ketones is 1. The normalized spacial score (nSPS) is 21.0. The first-order chi connectivity index (χ1) is 11.2. The summed E-state index contributed by atoms with van der Waals surface area (Å²) in [7, 11) is 0. The lowest BCUT2D eigenvalue weighted by atomic mass is 9.96. The van der Waals surface area contributed by atoms with Crippen molar-refractivity contribution < 1.29 is 9.59 Å². The highest BCUT2D eigenvalue weighted by molar-refractivity contribution is 7.98. The van der Waals surface area contributed by atoms with Gasteiger partial charge in [0.15, 0.2) is 5.78 Å². The lowest BCUT2D eigenvalue weighted by Crippen LogP contribution is -2.29. The Morgan fingerprint density at radius 3 is 2.17 bits per heavy atom. The minimum absolute atomic E-state index is 0.0131. The highest BCUT2D eigenvalue weighted by Gasteiger charge is 2.47. The molecule has 0 spiro atoms. The van der Waals surface area contributed by atoms with Crippen molar-refractivity contribution in [3.05, 3.63) is 66.2 Å². The van der Waals surface area contributed by atoms with Crippen LogP contribution < -0.4 is 4.90 Å². The molecule has 1 fully saturated rings. The summed E-state index contributed by atoms with van der Waals surface area (Å²) in [5.41, 5.74) is 1.66.